The Hall–Kier alpha value is -2.68. The summed E-state index contributed by atoms with van der Waals surface area (Å²) in [6, 6.07) is 4.77. The summed E-state index contributed by atoms with van der Waals surface area (Å²) in [4.78, 5) is 0. The molecule has 0 saturated carbocycles. The highest BCUT2D eigenvalue weighted by molar-refractivity contribution is 6.32. The molecule has 0 atom stereocenters. The molecule has 3 rings (SSSR count). The Morgan fingerprint density at radius 1 is 1.21 bits per heavy atom. The highest BCUT2D eigenvalue weighted by atomic mass is 35.5. The van der Waals surface area contributed by atoms with Gasteiger partial charge >= 0.3 is 6.18 Å². The largest absolute Gasteiger partial charge is 0.416 e. The van der Waals surface area contributed by atoms with Crippen molar-refractivity contribution in [2.75, 3.05) is 0 Å². The summed E-state index contributed by atoms with van der Waals surface area (Å²) >= 11 is 6.26. The van der Waals surface area contributed by atoms with E-state index in [1.54, 1.807) is 6.92 Å². The van der Waals surface area contributed by atoms with Crippen molar-refractivity contribution in [3.05, 3.63) is 58.9 Å². The molecule has 0 bridgehead atoms. The van der Waals surface area contributed by atoms with Gasteiger partial charge in [0.25, 0.3) is 0 Å². The zero-order valence-electron chi connectivity index (χ0n) is 12.2. The van der Waals surface area contributed by atoms with Gasteiger partial charge in [0.2, 0.25) is 0 Å². The second-order valence-electron chi connectivity index (χ2n) is 4.84. The van der Waals surface area contributed by atoms with Crippen LogP contribution >= 0.6 is 11.6 Å². The van der Waals surface area contributed by atoms with E-state index in [2.05, 4.69) is 20.4 Å². The number of rotatable bonds is 3. The van der Waals surface area contributed by atoms with E-state index in [4.69, 9.17) is 11.6 Å². The van der Waals surface area contributed by atoms with Crippen LogP contribution in [-0.4, -0.2) is 30.9 Å². The fourth-order valence-corrected chi connectivity index (χ4v) is 2.34. The van der Waals surface area contributed by atoms with Crippen molar-refractivity contribution in [2.45, 2.75) is 13.1 Å². The molecule has 0 spiro atoms. The van der Waals surface area contributed by atoms with Crippen molar-refractivity contribution < 1.29 is 13.2 Å². The second-order valence-corrected chi connectivity index (χ2v) is 5.19. The molecule has 0 amide bonds. The molecule has 10 heteroatoms. The maximum Gasteiger partial charge on any atom is 0.416 e. The van der Waals surface area contributed by atoms with E-state index >= 15 is 0 Å². The summed E-state index contributed by atoms with van der Waals surface area (Å²) in [6.07, 6.45) is -0.227. The molecule has 24 heavy (non-hydrogen) atoms. The maximum atomic E-state index is 12.8. The van der Waals surface area contributed by atoms with E-state index in [0.717, 1.165) is 12.1 Å². The first-order valence-electron chi connectivity index (χ1n) is 6.68. The number of benzene rings is 1. The van der Waals surface area contributed by atoms with Gasteiger partial charge in [-0.25, -0.2) is 9.36 Å². The molecule has 0 unspecified atom stereocenters. The van der Waals surface area contributed by atoms with Crippen molar-refractivity contribution in [1.29, 1.82) is 0 Å². The zero-order valence-corrected chi connectivity index (χ0v) is 13.0. The summed E-state index contributed by atoms with van der Waals surface area (Å²) in [5, 5.41) is 15.6. The minimum Gasteiger partial charge on any atom is -0.221 e. The second kappa shape index (κ2) is 6.08. The molecule has 2 aromatic heterocycles. The van der Waals surface area contributed by atoms with Gasteiger partial charge in [0.1, 0.15) is 17.8 Å². The minimum atomic E-state index is -4.44. The monoisotopic (exact) mass is 354 g/mol. The Labute approximate surface area is 139 Å². The van der Waals surface area contributed by atoms with Crippen LogP contribution in [0.25, 0.3) is 5.69 Å². The third kappa shape index (κ3) is 3.16. The van der Waals surface area contributed by atoms with E-state index in [1.807, 2.05) is 0 Å². The highest BCUT2D eigenvalue weighted by Crippen LogP contribution is 2.31. The summed E-state index contributed by atoms with van der Waals surface area (Å²) in [5.41, 5.74) is 0.447. The Kier molecular flexibility index (Phi) is 4.10. The van der Waals surface area contributed by atoms with Crippen LogP contribution in [-0.2, 0) is 6.18 Å². The van der Waals surface area contributed by atoms with Crippen molar-refractivity contribution in [3.8, 4) is 5.69 Å². The lowest BCUT2D eigenvalue weighted by Crippen LogP contribution is -2.06. The van der Waals surface area contributed by atoms with Gasteiger partial charge in [-0.3, -0.25) is 0 Å². The van der Waals surface area contributed by atoms with Crippen LogP contribution in [0.4, 0.5) is 13.2 Å². The molecule has 2 heterocycles. The lowest BCUT2D eigenvalue weighted by atomic mass is 10.2. The van der Waals surface area contributed by atoms with Crippen LogP contribution < -0.4 is 0 Å². The maximum absolute atomic E-state index is 12.8. The first-order valence-corrected chi connectivity index (χ1v) is 7.06. The van der Waals surface area contributed by atoms with Gasteiger partial charge in [-0.1, -0.05) is 17.7 Å². The minimum absolute atomic E-state index is 0.156. The average molecular weight is 355 g/mol. The van der Waals surface area contributed by atoms with Crippen molar-refractivity contribution in [1.82, 2.24) is 24.7 Å². The van der Waals surface area contributed by atoms with E-state index in [-0.39, 0.29) is 10.8 Å². The zero-order chi connectivity index (χ0) is 17.3. The molecular formula is C14H10ClF3N6. The Balaban J connectivity index is 2.00. The van der Waals surface area contributed by atoms with Crippen LogP contribution in [0, 0.1) is 6.92 Å². The Morgan fingerprint density at radius 3 is 2.58 bits per heavy atom. The summed E-state index contributed by atoms with van der Waals surface area (Å²) in [7, 11) is 0. The van der Waals surface area contributed by atoms with Gasteiger partial charge in [0, 0.05) is 0 Å². The molecule has 0 aliphatic carbocycles. The van der Waals surface area contributed by atoms with Gasteiger partial charge in [-0.15, -0.1) is 10.2 Å². The average Bonchev–Trinajstić information content (AvgIpc) is 3.14. The fourth-order valence-electron chi connectivity index (χ4n) is 2.02. The van der Waals surface area contributed by atoms with Crippen LogP contribution in [0.5, 0.6) is 0 Å². The molecular weight excluding hydrogens is 345 g/mol. The first-order chi connectivity index (χ1) is 11.4. The van der Waals surface area contributed by atoms with Gasteiger partial charge in [-0.2, -0.15) is 23.4 Å². The van der Waals surface area contributed by atoms with E-state index in [0.29, 0.717) is 11.3 Å². The molecule has 0 N–H and O–H groups in total. The Bertz CT molecular complexity index is 883. The van der Waals surface area contributed by atoms with Crippen LogP contribution in [0.15, 0.2) is 42.0 Å². The first kappa shape index (κ1) is 16.2. The van der Waals surface area contributed by atoms with Gasteiger partial charge in [-0.05, 0) is 25.1 Å². The van der Waals surface area contributed by atoms with Crippen molar-refractivity contribution >= 4 is 17.8 Å². The molecule has 3 aromatic rings. The molecule has 0 aliphatic rings. The van der Waals surface area contributed by atoms with Crippen LogP contribution in [0.2, 0.25) is 5.15 Å². The third-order valence-corrected chi connectivity index (χ3v) is 3.56. The SMILES string of the molecule is Cc1nn(-c2cccc(C(F)(F)F)c2)c(Cl)c1/C=N/n1cnnc1. The quantitative estimate of drug-likeness (QED) is 0.678. The summed E-state index contributed by atoms with van der Waals surface area (Å²) in [6.45, 7) is 1.68. The van der Waals surface area contributed by atoms with Gasteiger partial charge in [0.15, 0.2) is 0 Å². The summed E-state index contributed by atoms with van der Waals surface area (Å²) < 4.78 is 41.1. The normalized spacial score (nSPS) is 12.2. The van der Waals surface area contributed by atoms with Gasteiger partial charge < -0.3 is 0 Å². The lowest BCUT2D eigenvalue weighted by molar-refractivity contribution is -0.137. The number of hydrogen-bond donors (Lipinski definition) is 0. The standard InChI is InChI=1S/C14H10ClF3N6/c1-9-12(6-21-23-7-19-20-8-23)13(15)24(22-9)11-4-2-3-10(5-11)14(16,17)18/h2-8H,1H3/b21-6+. The molecule has 1 aromatic carbocycles. The van der Waals surface area contributed by atoms with Crippen molar-refractivity contribution in [3.63, 3.8) is 0 Å². The molecule has 124 valence electrons. The summed E-state index contributed by atoms with van der Waals surface area (Å²) in [5.74, 6) is 0. The highest BCUT2D eigenvalue weighted by Gasteiger charge is 2.30. The fraction of sp³-hybridized carbons (Fsp3) is 0.143. The molecule has 0 fully saturated rings. The number of aryl methyl sites for hydroxylation is 1. The number of alkyl halides is 3. The molecule has 0 radical (unpaired) electrons. The third-order valence-electron chi connectivity index (χ3n) is 3.19. The van der Waals surface area contributed by atoms with Gasteiger partial charge in [0.05, 0.1) is 28.7 Å². The number of aromatic nitrogens is 5. The van der Waals surface area contributed by atoms with E-state index in [1.165, 1.54) is 40.4 Å². The molecule has 0 aliphatic heterocycles. The van der Waals surface area contributed by atoms with Crippen LogP contribution in [0.3, 0.4) is 0 Å². The number of hydrogen-bond acceptors (Lipinski definition) is 4. The van der Waals surface area contributed by atoms with E-state index in [9.17, 15) is 13.2 Å². The predicted molar refractivity (Wildman–Crippen MR) is 81.3 cm³/mol. The smallest absolute Gasteiger partial charge is 0.221 e. The van der Waals surface area contributed by atoms with E-state index < -0.39 is 11.7 Å². The molecule has 6 nitrogen and oxygen atoms in total. The number of halogens is 4. The lowest BCUT2D eigenvalue weighted by Gasteiger charge is -2.09. The van der Waals surface area contributed by atoms with Crippen molar-refractivity contribution in [2.24, 2.45) is 5.10 Å². The number of nitrogens with zero attached hydrogens (tertiary/aromatic N) is 6. The molecule has 0 saturated heterocycles. The van der Waals surface area contributed by atoms with Crippen LogP contribution in [0.1, 0.15) is 16.8 Å². The Morgan fingerprint density at radius 2 is 1.92 bits per heavy atom. The topological polar surface area (TPSA) is 60.9 Å². The predicted octanol–water partition coefficient (Wildman–Crippen LogP) is 3.33.